The van der Waals surface area contributed by atoms with Crippen LogP contribution < -0.4 is 16.0 Å². The summed E-state index contributed by atoms with van der Waals surface area (Å²) in [5, 5.41) is 3.04. The molecule has 0 fully saturated rings. The maximum Gasteiger partial charge on any atom is 0.188 e. The topological polar surface area (TPSA) is 62.9 Å². The Labute approximate surface area is 126 Å². The van der Waals surface area contributed by atoms with E-state index in [2.05, 4.69) is 10.3 Å². The summed E-state index contributed by atoms with van der Waals surface area (Å²) in [4.78, 5) is 6.12. The van der Waals surface area contributed by atoms with Crippen LogP contribution in [0.15, 0.2) is 29.3 Å². The first-order chi connectivity index (χ1) is 10.0. The van der Waals surface area contributed by atoms with E-state index in [9.17, 15) is 4.39 Å². The molecule has 0 spiro atoms. The van der Waals surface area contributed by atoms with Gasteiger partial charge in [-0.25, -0.2) is 4.39 Å². The first kappa shape index (κ1) is 17.2. The molecule has 1 rings (SSSR count). The van der Waals surface area contributed by atoms with E-state index >= 15 is 0 Å². The van der Waals surface area contributed by atoms with Gasteiger partial charge in [0.1, 0.15) is 5.82 Å². The van der Waals surface area contributed by atoms with Gasteiger partial charge in [-0.05, 0) is 25.5 Å². The third-order valence-electron chi connectivity index (χ3n) is 3.01. The number of nitrogens with two attached hydrogens (primary N) is 1. The maximum absolute atomic E-state index is 13.6. The van der Waals surface area contributed by atoms with E-state index in [-0.39, 0.29) is 11.9 Å². The summed E-state index contributed by atoms with van der Waals surface area (Å²) in [5.41, 5.74) is 6.37. The van der Waals surface area contributed by atoms with Crippen molar-refractivity contribution in [2.75, 3.05) is 38.8 Å². The Balaban J connectivity index is 2.32. The van der Waals surface area contributed by atoms with Gasteiger partial charge >= 0.3 is 0 Å². The molecule has 0 heterocycles. The summed E-state index contributed by atoms with van der Waals surface area (Å²) >= 11 is 0. The van der Waals surface area contributed by atoms with E-state index in [1.165, 1.54) is 6.07 Å². The molecule has 1 aromatic rings. The smallest absolute Gasteiger partial charge is 0.188 e. The van der Waals surface area contributed by atoms with Crippen molar-refractivity contribution in [2.45, 2.75) is 19.4 Å². The van der Waals surface area contributed by atoms with Gasteiger partial charge in [-0.2, -0.15) is 0 Å². The number of rotatable bonds is 8. The van der Waals surface area contributed by atoms with Crippen LogP contribution in [0.4, 0.5) is 10.1 Å². The lowest BCUT2D eigenvalue weighted by Gasteiger charge is -2.19. The van der Waals surface area contributed by atoms with Crippen molar-refractivity contribution in [2.24, 2.45) is 10.7 Å². The number of aliphatic imine (C=N–C) groups is 1. The highest BCUT2D eigenvalue weighted by Crippen LogP contribution is 2.16. The summed E-state index contributed by atoms with van der Waals surface area (Å²) < 4.78 is 18.6. The standard InChI is InChI=1S/C15H25FN4O/c1-12(11-21-3)19-15(17)18-9-6-10-20(2)14-8-5-4-7-13(14)16/h4-5,7-8,12H,6,9-11H2,1-3H3,(H3,17,18,19). The lowest BCUT2D eigenvalue weighted by molar-refractivity contribution is 0.179. The van der Waals surface area contributed by atoms with Gasteiger partial charge in [0.25, 0.3) is 0 Å². The highest BCUT2D eigenvalue weighted by atomic mass is 19.1. The van der Waals surface area contributed by atoms with Crippen LogP contribution >= 0.6 is 0 Å². The zero-order valence-electron chi connectivity index (χ0n) is 13.0. The van der Waals surface area contributed by atoms with Crippen LogP contribution in [0.25, 0.3) is 0 Å². The number of para-hydroxylation sites is 1. The zero-order chi connectivity index (χ0) is 15.7. The Morgan fingerprint density at radius 3 is 2.86 bits per heavy atom. The van der Waals surface area contributed by atoms with E-state index in [1.54, 1.807) is 19.2 Å². The highest BCUT2D eigenvalue weighted by Gasteiger charge is 2.06. The molecule has 0 bridgehead atoms. The van der Waals surface area contributed by atoms with Crippen LogP contribution in [-0.4, -0.2) is 45.9 Å². The van der Waals surface area contributed by atoms with Gasteiger partial charge in [-0.3, -0.25) is 4.99 Å². The summed E-state index contributed by atoms with van der Waals surface area (Å²) in [6, 6.07) is 6.86. The number of anilines is 1. The van der Waals surface area contributed by atoms with Crippen molar-refractivity contribution in [1.82, 2.24) is 5.32 Å². The average molecular weight is 296 g/mol. The minimum absolute atomic E-state index is 0.125. The molecule has 6 heteroatoms. The van der Waals surface area contributed by atoms with Gasteiger partial charge in [0.05, 0.1) is 12.3 Å². The molecule has 0 aliphatic carbocycles. The molecule has 0 saturated carbocycles. The number of hydrogen-bond acceptors (Lipinski definition) is 3. The summed E-state index contributed by atoms with van der Waals surface area (Å²) in [6.07, 6.45) is 0.797. The monoisotopic (exact) mass is 296 g/mol. The number of hydrogen-bond donors (Lipinski definition) is 2. The molecular formula is C15H25FN4O. The number of nitrogens with zero attached hydrogens (tertiary/aromatic N) is 2. The molecular weight excluding hydrogens is 271 g/mol. The number of ether oxygens (including phenoxy) is 1. The number of nitrogens with one attached hydrogen (secondary N) is 1. The highest BCUT2D eigenvalue weighted by molar-refractivity contribution is 5.78. The van der Waals surface area contributed by atoms with Gasteiger partial charge in [-0.15, -0.1) is 0 Å². The summed E-state index contributed by atoms with van der Waals surface area (Å²) in [7, 11) is 3.51. The number of halogens is 1. The van der Waals surface area contributed by atoms with Gasteiger partial charge in [0, 0.05) is 33.3 Å². The molecule has 5 nitrogen and oxygen atoms in total. The normalized spacial score (nSPS) is 13.0. The van der Waals surface area contributed by atoms with E-state index < -0.39 is 0 Å². The molecule has 1 unspecified atom stereocenters. The molecule has 1 aromatic carbocycles. The van der Waals surface area contributed by atoms with E-state index in [0.29, 0.717) is 31.3 Å². The summed E-state index contributed by atoms with van der Waals surface area (Å²) in [5.74, 6) is 0.200. The minimum Gasteiger partial charge on any atom is -0.383 e. The van der Waals surface area contributed by atoms with Gasteiger partial charge < -0.3 is 20.7 Å². The van der Waals surface area contributed by atoms with Crippen LogP contribution in [0.1, 0.15) is 13.3 Å². The minimum atomic E-state index is -0.210. The summed E-state index contributed by atoms with van der Waals surface area (Å²) in [6.45, 7) is 3.85. The van der Waals surface area contributed by atoms with E-state index in [0.717, 1.165) is 6.42 Å². The maximum atomic E-state index is 13.6. The lowest BCUT2D eigenvalue weighted by atomic mass is 10.2. The van der Waals surface area contributed by atoms with E-state index in [1.807, 2.05) is 24.9 Å². The molecule has 0 amide bonds. The van der Waals surface area contributed by atoms with Crippen molar-refractivity contribution in [1.29, 1.82) is 0 Å². The second-order valence-corrected chi connectivity index (χ2v) is 4.99. The van der Waals surface area contributed by atoms with Crippen LogP contribution in [0.3, 0.4) is 0 Å². The molecule has 1 atom stereocenters. The van der Waals surface area contributed by atoms with Crippen LogP contribution in [0, 0.1) is 5.82 Å². The Bertz CT molecular complexity index is 453. The lowest BCUT2D eigenvalue weighted by Crippen LogP contribution is -2.40. The molecule has 3 N–H and O–H groups in total. The molecule has 21 heavy (non-hydrogen) atoms. The van der Waals surface area contributed by atoms with Crippen molar-refractivity contribution >= 4 is 11.6 Å². The molecule has 0 aliphatic rings. The third-order valence-corrected chi connectivity index (χ3v) is 3.01. The van der Waals surface area contributed by atoms with Crippen molar-refractivity contribution in [3.63, 3.8) is 0 Å². The second-order valence-electron chi connectivity index (χ2n) is 4.99. The number of guanidine groups is 1. The molecule has 0 aliphatic heterocycles. The molecule has 0 radical (unpaired) electrons. The van der Waals surface area contributed by atoms with Crippen molar-refractivity contribution < 1.29 is 9.13 Å². The Hall–Kier alpha value is -1.82. The molecule has 0 aromatic heterocycles. The molecule has 0 saturated heterocycles. The Morgan fingerprint density at radius 1 is 1.48 bits per heavy atom. The van der Waals surface area contributed by atoms with Crippen LogP contribution in [0.5, 0.6) is 0 Å². The van der Waals surface area contributed by atoms with E-state index in [4.69, 9.17) is 10.5 Å². The average Bonchev–Trinajstić information content (AvgIpc) is 2.44. The third kappa shape index (κ3) is 6.44. The van der Waals surface area contributed by atoms with Gasteiger partial charge in [-0.1, -0.05) is 12.1 Å². The van der Waals surface area contributed by atoms with Gasteiger partial charge in [0.2, 0.25) is 0 Å². The van der Waals surface area contributed by atoms with Crippen LogP contribution in [0.2, 0.25) is 0 Å². The zero-order valence-corrected chi connectivity index (χ0v) is 13.0. The SMILES string of the molecule is COCC(C)NC(N)=NCCCN(C)c1ccccc1F. The number of methoxy groups -OCH3 is 1. The van der Waals surface area contributed by atoms with Crippen molar-refractivity contribution in [3.05, 3.63) is 30.1 Å². The molecule has 118 valence electrons. The predicted octanol–water partition coefficient (Wildman–Crippen LogP) is 1.59. The Morgan fingerprint density at radius 2 is 2.19 bits per heavy atom. The fourth-order valence-electron chi connectivity index (χ4n) is 1.98. The first-order valence-electron chi connectivity index (χ1n) is 7.05. The first-order valence-corrected chi connectivity index (χ1v) is 7.05. The fraction of sp³-hybridized carbons (Fsp3) is 0.533. The second kappa shape index (κ2) is 9.18. The number of benzene rings is 1. The van der Waals surface area contributed by atoms with Gasteiger partial charge in [0.15, 0.2) is 5.96 Å². The largest absolute Gasteiger partial charge is 0.383 e. The van der Waals surface area contributed by atoms with Crippen LogP contribution in [-0.2, 0) is 4.74 Å². The quantitative estimate of drug-likeness (QED) is 0.434. The predicted molar refractivity (Wildman–Crippen MR) is 85.3 cm³/mol. The fourth-order valence-corrected chi connectivity index (χ4v) is 1.98. The van der Waals surface area contributed by atoms with Crippen molar-refractivity contribution in [3.8, 4) is 0 Å². The Kier molecular flexibility index (Phi) is 7.53.